The van der Waals surface area contributed by atoms with Crippen LogP contribution in [-0.2, 0) is 19.6 Å². The van der Waals surface area contributed by atoms with E-state index in [1.54, 1.807) is 0 Å². The van der Waals surface area contributed by atoms with Gasteiger partial charge in [-0.25, -0.2) is 13.1 Å². The van der Waals surface area contributed by atoms with Crippen molar-refractivity contribution in [1.29, 1.82) is 0 Å². The highest BCUT2D eigenvalue weighted by Crippen LogP contribution is 2.01. The number of nitrogens with one attached hydrogen (secondary N) is 1. The molecule has 0 amide bonds. The van der Waals surface area contributed by atoms with Crippen LogP contribution >= 0.6 is 0 Å². The summed E-state index contributed by atoms with van der Waals surface area (Å²) in [6.45, 7) is 2.38. The van der Waals surface area contributed by atoms with E-state index in [-0.39, 0.29) is 6.61 Å². The summed E-state index contributed by atoms with van der Waals surface area (Å²) in [5.41, 5.74) is 0. The van der Waals surface area contributed by atoms with Crippen LogP contribution in [0.1, 0.15) is 13.8 Å². The number of carbonyl (C=O) groups is 1. The van der Waals surface area contributed by atoms with E-state index in [0.29, 0.717) is 0 Å². The van der Waals surface area contributed by atoms with Crippen LogP contribution in [0, 0.1) is 0 Å². The molecule has 2 unspecified atom stereocenters. The molecule has 0 bridgehead atoms. The van der Waals surface area contributed by atoms with Crippen molar-refractivity contribution in [1.82, 2.24) is 4.72 Å². The normalized spacial score (nSPS) is 16.0. The third kappa shape index (κ3) is 3.60. The molecule has 0 heterocycles. The van der Waals surface area contributed by atoms with Crippen LogP contribution in [0.3, 0.4) is 0 Å². The van der Waals surface area contributed by atoms with Crippen molar-refractivity contribution in [2.45, 2.75) is 25.1 Å². The minimum Gasteiger partial charge on any atom is -0.468 e. The van der Waals surface area contributed by atoms with Crippen LogP contribution in [0.5, 0.6) is 0 Å². The molecule has 0 aliphatic heterocycles. The topological polar surface area (TPSA) is 92.7 Å². The van der Waals surface area contributed by atoms with Gasteiger partial charge in [-0.1, -0.05) is 0 Å². The van der Waals surface area contributed by atoms with Gasteiger partial charge in [-0.05, 0) is 13.8 Å². The summed E-state index contributed by atoms with van der Waals surface area (Å²) in [4.78, 5) is 10.9. The lowest BCUT2D eigenvalue weighted by atomic mass is 10.4. The molecule has 0 radical (unpaired) electrons. The van der Waals surface area contributed by atoms with E-state index in [9.17, 15) is 13.2 Å². The number of methoxy groups -OCH3 is 1. The lowest BCUT2D eigenvalue weighted by molar-refractivity contribution is -0.139. The molecule has 6 nitrogen and oxygen atoms in total. The first kappa shape index (κ1) is 13.3. The van der Waals surface area contributed by atoms with Gasteiger partial charge in [0.15, 0.2) is 5.25 Å². The van der Waals surface area contributed by atoms with Crippen LogP contribution in [0.15, 0.2) is 0 Å². The number of hydrogen-bond acceptors (Lipinski definition) is 5. The molecule has 7 heteroatoms. The van der Waals surface area contributed by atoms with Crippen molar-refractivity contribution in [3.05, 3.63) is 0 Å². The smallest absolute Gasteiger partial charge is 0.325 e. The highest BCUT2D eigenvalue weighted by molar-refractivity contribution is 7.90. The first-order valence-corrected chi connectivity index (χ1v) is 5.59. The SMILES string of the molecule is COC(=O)C(C)S(=O)(=O)NC(C)CO. The first-order valence-electron chi connectivity index (χ1n) is 4.05. The monoisotopic (exact) mass is 225 g/mol. The van der Waals surface area contributed by atoms with Crippen molar-refractivity contribution in [3.8, 4) is 0 Å². The maximum atomic E-state index is 11.4. The van der Waals surface area contributed by atoms with E-state index >= 15 is 0 Å². The van der Waals surface area contributed by atoms with Crippen molar-refractivity contribution in [2.75, 3.05) is 13.7 Å². The van der Waals surface area contributed by atoms with E-state index in [0.717, 1.165) is 7.11 Å². The summed E-state index contributed by atoms with van der Waals surface area (Å²) in [5.74, 6) is -0.831. The molecule has 0 fully saturated rings. The number of carbonyl (C=O) groups excluding carboxylic acids is 1. The van der Waals surface area contributed by atoms with Gasteiger partial charge in [0.2, 0.25) is 10.0 Å². The highest BCUT2D eigenvalue weighted by Gasteiger charge is 2.29. The lowest BCUT2D eigenvalue weighted by Gasteiger charge is -2.15. The van der Waals surface area contributed by atoms with Crippen molar-refractivity contribution in [2.24, 2.45) is 0 Å². The largest absolute Gasteiger partial charge is 0.468 e. The average Bonchev–Trinajstić information content (AvgIpc) is 2.14. The Hall–Kier alpha value is -0.660. The van der Waals surface area contributed by atoms with Gasteiger partial charge < -0.3 is 9.84 Å². The Kier molecular flexibility index (Phi) is 5.03. The quantitative estimate of drug-likeness (QED) is 0.576. The molecule has 2 atom stereocenters. The van der Waals surface area contributed by atoms with Crippen LogP contribution in [-0.4, -0.2) is 44.5 Å². The minimum absolute atomic E-state index is 0.326. The van der Waals surface area contributed by atoms with E-state index in [1.807, 2.05) is 0 Å². The lowest BCUT2D eigenvalue weighted by Crippen LogP contribution is -2.43. The molecule has 0 saturated heterocycles. The Labute approximate surface area is 83.3 Å². The zero-order valence-corrected chi connectivity index (χ0v) is 9.17. The maximum absolute atomic E-state index is 11.4. The summed E-state index contributed by atoms with van der Waals surface area (Å²) in [6, 6.07) is -0.618. The minimum atomic E-state index is -3.77. The number of sulfonamides is 1. The molecule has 0 spiro atoms. The standard InChI is InChI=1S/C7H15NO5S/c1-5(4-9)8-14(11,12)6(2)7(10)13-3/h5-6,8-9H,4H2,1-3H3. The Morgan fingerprint density at radius 1 is 1.50 bits per heavy atom. The predicted molar refractivity (Wildman–Crippen MR) is 50.1 cm³/mol. The van der Waals surface area contributed by atoms with E-state index in [2.05, 4.69) is 9.46 Å². The fraction of sp³-hybridized carbons (Fsp3) is 0.857. The number of esters is 1. The summed E-state index contributed by atoms with van der Waals surface area (Å²) < 4.78 is 29.2. The number of ether oxygens (including phenoxy) is 1. The van der Waals surface area contributed by atoms with E-state index in [1.165, 1.54) is 13.8 Å². The van der Waals surface area contributed by atoms with Crippen molar-refractivity contribution in [3.63, 3.8) is 0 Å². The highest BCUT2D eigenvalue weighted by atomic mass is 32.2. The second-order valence-corrected chi connectivity index (χ2v) is 4.94. The summed E-state index contributed by atoms with van der Waals surface area (Å²) in [6.07, 6.45) is 0. The molecule has 0 aromatic carbocycles. The van der Waals surface area contributed by atoms with Gasteiger partial charge in [0.05, 0.1) is 13.7 Å². The fourth-order valence-corrected chi connectivity index (χ4v) is 1.90. The second kappa shape index (κ2) is 5.28. The molecule has 2 N–H and O–H groups in total. The number of aliphatic hydroxyl groups is 1. The van der Waals surface area contributed by atoms with Crippen LogP contribution in [0.25, 0.3) is 0 Å². The van der Waals surface area contributed by atoms with Gasteiger partial charge in [0.1, 0.15) is 0 Å². The van der Waals surface area contributed by atoms with Gasteiger partial charge in [-0.3, -0.25) is 4.79 Å². The molecule has 0 aromatic rings. The van der Waals surface area contributed by atoms with Crippen molar-refractivity contribution >= 4 is 16.0 Å². The molecule has 0 aliphatic rings. The Balaban J connectivity index is 4.55. The number of rotatable bonds is 5. The molecule has 0 aliphatic carbocycles. The first-order chi connectivity index (χ1) is 6.35. The zero-order valence-electron chi connectivity index (χ0n) is 8.35. The number of hydrogen-bond donors (Lipinski definition) is 2. The van der Waals surface area contributed by atoms with E-state index < -0.39 is 27.3 Å². The Morgan fingerprint density at radius 2 is 2.00 bits per heavy atom. The predicted octanol–water partition coefficient (Wildman–Crippen LogP) is -1.15. The zero-order chi connectivity index (χ0) is 11.4. The molecule has 0 rings (SSSR count). The van der Waals surface area contributed by atoms with E-state index in [4.69, 9.17) is 5.11 Å². The Morgan fingerprint density at radius 3 is 2.36 bits per heavy atom. The van der Waals surface area contributed by atoms with Gasteiger partial charge in [-0.2, -0.15) is 0 Å². The molecule has 14 heavy (non-hydrogen) atoms. The average molecular weight is 225 g/mol. The third-order valence-corrected chi connectivity index (χ3v) is 3.49. The second-order valence-electron chi connectivity index (χ2n) is 2.91. The van der Waals surface area contributed by atoms with Crippen molar-refractivity contribution < 1.29 is 23.1 Å². The summed E-state index contributed by atoms with van der Waals surface area (Å²) >= 11 is 0. The Bertz CT molecular complexity index is 286. The third-order valence-electron chi connectivity index (χ3n) is 1.64. The van der Waals surface area contributed by atoms with Gasteiger partial charge in [0, 0.05) is 6.04 Å². The maximum Gasteiger partial charge on any atom is 0.325 e. The fourth-order valence-electron chi connectivity index (χ4n) is 0.712. The molecule has 84 valence electrons. The molecule has 0 saturated carbocycles. The summed E-state index contributed by atoms with van der Waals surface area (Å²) in [5, 5.41) is 7.36. The van der Waals surface area contributed by atoms with Crippen LogP contribution in [0.2, 0.25) is 0 Å². The van der Waals surface area contributed by atoms with Gasteiger partial charge >= 0.3 is 5.97 Å². The van der Waals surface area contributed by atoms with Crippen LogP contribution in [0.4, 0.5) is 0 Å². The summed E-state index contributed by atoms with van der Waals surface area (Å²) in [7, 11) is -2.65. The molecular formula is C7H15NO5S. The van der Waals surface area contributed by atoms with Gasteiger partial charge in [-0.15, -0.1) is 0 Å². The molecule has 0 aromatic heterocycles. The molecular weight excluding hydrogens is 210 g/mol. The van der Waals surface area contributed by atoms with Crippen LogP contribution < -0.4 is 4.72 Å². The van der Waals surface area contributed by atoms with Gasteiger partial charge in [0.25, 0.3) is 0 Å². The number of aliphatic hydroxyl groups excluding tert-OH is 1.